The molecule has 0 bridgehead atoms. The molecule has 0 aliphatic heterocycles. The van der Waals surface area contributed by atoms with Crippen LogP contribution in [0.3, 0.4) is 0 Å². The van der Waals surface area contributed by atoms with Gasteiger partial charge in [-0.15, -0.1) is 11.8 Å². The maximum Gasteiger partial charge on any atom is 0.0521 e. The monoisotopic (exact) mass is 247 g/mol. The highest BCUT2D eigenvalue weighted by atomic mass is 32.2. The minimum absolute atomic E-state index is 0.876. The van der Waals surface area contributed by atoms with Crippen LogP contribution >= 0.6 is 11.8 Å². The van der Waals surface area contributed by atoms with Gasteiger partial charge in [-0.25, -0.2) is 0 Å². The fraction of sp³-hybridized carbons (Fsp3) is 0.308. The number of nitrogens with two attached hydrogens (primary N) is 1. The van der Waals surface area contributed by atoms with E-state index in [-0.39, 0.29) is 0 Å². The summed E-state index contributed by atoms with van der Waals surface area (Å²) < 4.78 is 1.83. The summed E-state index contributed by atoms with van der Waals surface area (Å²) >= 11 is 1.80. The lowest BCUT2D eigenvalue weighted by Gasteiger charge is -2.05. The highest BCUT2D eigenvalue weighted by Crippen LogP contribution is 2.26. The standard InChI is InChI=1S/C13H17N3S/c1-10-3-4-13(12(14)7-10)17-6-5-11-8-15-16(2)9-11/h3-4,7-9H,5-6,14H2,1-2H3. The number of benzene rings is 1. The molecule has 2 rings (SSSR count). The molecule has 17 heavy (non-hydrogen) atoms. The number of thioether (sulfide) groups is 1. The van der Waals surface area contributed by atoms with Gasteiger partial charge in [0, 0.05) is 29.6 Å². The SMILES string of the molecule is Cc1ccc(SCCc2cnn(C)c2)c(N)c1. The number of hydrogen-bond donors (Lipinski definition) is 1. The van der Waals surface area contributed by atoms with Gasteiger partial charge in [0.2, 0.25) is 0 Å². The van der Waals surface area contributed by atoms with Crippen LogP contribution in [0.4, 0.5) is 5.69 Å². The first-order valence-electron chi connectivity index (χ1n) is 5.61. The van der Waals surface area contributed by atoms with E-state index in [9.17, 15) is 0 Å². The molecule has 0 radical (unpaired) electrons. The molecule has 0 spiro atoms. The summed E-state index contributed by atoms with van der Waals surface area (Å²) in [5, 5.41) is 4.15. The molecule has 4 heteroatoms. The highest BCUT2D eigenvalue weighted by molar-refractivity contribution is 7.99. The zero-order valence-corrected chi connectivity index (χ0v) is 11.0. The quantitative estimate of drug-likeness (QED) is 0.667. The first-order chi connectivity index (χ1) is 8.15. The van der Waals surface area contributed by atoms with Crippen molar-refractivity contribution in [2.45, 2.75) is 18.2 Å². The van der Waals surface area contributed by atoms with Crippen LogP contribution in [0.1, 0.15) is 11.1 Å². The third-order valence-corrected chi connectivity index (χ3v) is 3.66. The minimum Gasteiger partial charge on any atom is -0.398 e. The number of nitrogens with zero attached hydrogens (tertiary/aromatic N) is 2. The zero-order chi connectivity index (χ0) is 12.3. The second-order valence-electron chi connectivity index (χ2n) is 4.16. The summed E-state index contributed by atoms with van der Waals surface area (Å²) in [5.41, 5.74) is 9.32. The Hall–Kier alpha value is -1.42. The number of aromatic nitrogens is 2. The van der Waals surface area contributed by atoms with E-state index in [0.29, 0.717) is 0 Å². The van der Waals surface area contributed by atoms with Crippen LogP contribution in [-0.2, 0) is 13.5 Å². The Balaban J connectivity index is 1.90. The normalized spacial score (nSPS) is 10.7. The number of aryl methyl sites for hydroxylation is 3. The van der Waals surface area contributed by atoms with Gasteiger partial charge in [-0.2, -0.15) is 5.10 Å². The molecule has 0 fully saturated rings. The van der Waals surface area contributed by atoms with Crippen LogP contribution in [0.5, 0.6) is 0 Å². The van der Waals surface area contributed by atoms with Crippen molar-refractivity contribution < 1.29 is 0 Å². The number of nitrogen functional groups attached to an aromatic ring is 1. The third-order valence-electron chi connectivity index (χ3n) is 2.57. The first-order valence-corrected chi connectivity index (χ1v) is 6.60. The topological polar surface area (TPSA) is 43.8 Å². The second-order valence-corrected chi connectivity index (χ2v) is 5.30. The van der Waals surface area contributed by atoms with Crippen molar-refractivity contribution in [3.8, 4) is 0 Å². The Bertz CT molecular complexity index is 505. The van der Waals surface area contributed by atoms with Gasteiger partial charge < -0.3 is 5.73 Å². The van der Waals surface area contributed by atoms with Gasteiger partial charge in [-0.3, -0.25) is 4.68 Å². The summed E-state index contributed by atoms with van der Waals surface area (Å²) in [6.07, 6.45) is 4.99. The largest absolute Gasteiger partial charge is 0.398 e. The molecule has 0 aliphatic rings. The zero-order valence-electron chi connectivity index (χ0n) is 10.2. The second kappa shape index (κ2) is 5.27. The molecule has 2 aromatic rings. The van der Waals surface area contributed by atoms with Crippen molar-refractivity contribution in [2.24, 2.45) is 7.05 Å². The summed E-state index contributed by atoms with van der Waals surface area (Å²) in [4.78, 5) is 1.17. The predicted octanol–water partition coefficient (Wildman–Crippen LogP) is 2.65. The van der Waals surface area contributed by atoms with Crippen LogP contribution in [0.25, 0.3) is 0 Å². The molecule has 0 atom stereocenters. The van der Waals surface area contributed by atoms with Crippen LogP contribution in [0, 0.1) is 6.92 Å². The van der Waals surface area contributed by atoms with Crippen molar-refractivity contribution in [2.75, 3.05) is 11.5 Å². The van der Waals surface area contributed by atoms with Gasteiger partial charge >= 0.3 is 0 Å². The van der Waals surface area contributed by atoms with E-state index in [1.165, 1.54) is 16.0 Å². The summed E-state index contributed by atoms with van der Waals surface area (Å²) in [7, 11) is 1.94. The summed E-state index contributed by atoms with van der Waals surface area (Å²) in [5.74, 6) is 1.03. The third kappa shape index (κ3) is 3.27. The Labute approximate surface area is 106 Å². The summed E-state index contributed by atoms with van der Waals surface area (Å²) in [6.45, 7) is 2.06. The van der Waals surface area contributed by atoms with Gasteiger partial charge in [0.1, 0.15) is 0 Å². The minimum atomic E-state index is 0.876. The highest BCUT2D eigenvalue weighted by Gasteiger charge is 2.01. The van der Waals surface area contributed by atoms with Gasteiger partial charge in [0.15, 0.2) is 0 Å². The van der Waals surface area contributed by atoms with Crippen molar-refractivity contribution in [1.82, 2.24) is 9.78 Å². The Kier molecular flexibility index (Phi) is 3.74. The van der Waals surface area contributed by atoms with Gasteiger partial charge in [0.25, 0.3) is 0 Å². The van der Waals surface area contributed by atoms with Crippen molar-refractivity contribution in [3.63, 3.8) is 0 Å². The first kappa shape index (κ1) is 12.0. The molecule has 2 N–H and O–H groups in total. The molecule has 0 amide bonds. The number of rotatable bonds is 4. The van der Waals surface area contributed by atoms with Crippen molar-refractivity contribution in [3.05, 3.63) is 41.7 Å². The van der Waals surface area contributed by atoms with Crippen LogP contribution in [0.2, 0.25) is 0 Å². The fourth-order valence-electron chi connectivity index (χ4n) is 1.68. The van der Waals surface area contributed by atoms with E-state index >= 15 is 0 Å². The number of hydrogen-bond acceptors (Lipinski definition) is 3. The molecule has 90 valence electrons. The van der Waals surface area contributed by atoms with E-state index in [1.54, 1.807) is 11.8 Å². The van der Waals surface area contributed by atoms with Gasteiger partial charge in [-0.05, 0) is 36.6 Å². The maximum atomic E-state index is 5.97. The molecule has 0 saturated carbocycles. The van der Waals surface area contributed by atoms with E-state index in [1.807, 2.05) is 24.0 Å². The average Bonchev–Trinajstić information content (AvgIpc) is 2.68. The lowest BCUT2D eigenvalue weighted by atomic mass is 10.2. The smallest absolute Gasteiger partial charge is 0.0521 e. The van der Waals surface area contributed by atoms with Crippen LogP contribution < -0.4 is 5.73 Å². The molecule has 1 heterocycles. The maximum absolute atomic E-state index is 5.97. The molecule has 1 aromatic carbocycles. The van der Waals surface area contributed by atoms with Crippen LogP contribution in [-0.4, -0.2) is 15.5 Å². The molecule has 0 unspecified atom stereocenters. The molecule has 0 saturated heterocycles. The van der Waals surface area contributed by atoms with E-state index in [2.05, 4.69) is 30.4 Å². The molecular weight excluding hydrogens is 230 g/mol. The molecule has 0 aliphatic carbocycles. The van der Waals surface area contributed by atoms with Gasteiger partial charge in [0.05, 0.1) is 6.20 Å². The van der Waals surface area contributed by atoms with Crippen molar-refractivity contribution in [1.29, 1.82) is 0 Å². The predicted molar refractivity (Wildman–Crippen MR) is 73.2 cm³/mol. The Morgan fingerprint density at radius 2 is 2.24 bits per heavy atom. The van der Waals surface area contributed by atoms with Gasteiger partial charge in [-0.1, -0.05) is 6.07 Å². The van der Waals surface area contributed by atoms with E-state index in [0.717, 1.165) is 17.9 Å². The lowest BCUT2D eigenvalue weighted by Crippen LogP contribution is -1.92. The Morgan fingerprint density at radius 3 is 2.88 bits per heavy atom. The molecular formula is C13H17N3S. The average molecular weight is 247 g/mol. The van der Waals surface area contributed by atoms with Crippen LogP contribution in [0.15, 0.2) is 35.5 Å². The van der Waals surface area contributed by atoms with E-state index < -0.39 is 0 Å². The molecule has 1 aromatic heterocycles. The number of anilines is 1. The fourth-order valence-corrected chi connectivity index (χ4v) is 2.63. The lowest BCUT2D eigenvalue weighted by molar-refractivity contribution is 0.767. The summed E-state index contributed by atoms with van der Waals surface area (Å²) in [6, 6.07) is 6.22. The molecule has 3 nitrogen and oxygen atoms in total. The van der Waals surface area contributed by atoms with Crippen molar-refractivity contribution >= 4 is 17.4 Å². The van der Waals surface area contributed by atoms with E-state index in [4.69, 9.17) is 5.73 Å². The Morgan fingerprint density at radius 1 is 1.41 bits per heavy atom.